The van der Waals surface area contributed by atoms with E-state index in [1.165, 1.54) is 122 Å². The molecule has 0 aromatic carbocycles. The van der Waals surface area contributed by atoms with Gasteiger partial charge in [0, 0.05) is 19.4 Å². The van der Waals surface area contributed by atoms with E-state index in [1.807, 2.05) is 0 Å². The first-order valence-corrected chi connectivity index (χ1v) is 21.5. The maximum Gasteiger partial charge on any atom is 0.472 e. The van der Waals surface area contributed by atoms with Crippen LogP contribution in [-0.2, 0) is 32.7 Å². The van der Waals surface area contributed by atoms with Crippen molar-refractivity contribution in [1.29, 1.82) is 0 Å². The Morgan fingerprint density at radius 3 is 1.58 bits per heavy atom. The maximum absolute atomic E-state index is 12.6. The first-order valence-electron chi connectivity index (χ1n) is 20.0. The van der Waals surface area contributed by atoms with Crippen LogP contribution in [0.3, 0.4) is 0 Å². The van der Waals surface area contributed by atoms with Crippen molar-refractivity contribution in [2.75, 3.05) is 26.4 Å². The number of esters is 2. The lowest BCUT2D eigenvalue weighted by Gasteiger charge is -2.19. The van der Waals surface area contributed by atoms with Gasteiger partial charge in [0.25, 0.3) is 0 Å². The van der Waals surface area contributed by atoms with E-state index in [9.17, 15) is 19.0 Å². The van der Waals surface area contributed by atoms with Crippen molar-refractivity contribution in [3.63, 3.8) is 0 Å². The number of carbonyl (C=O) groups is 2. The number of nitrogens with two attached hydrogens (primary N) is 1. The third-order valence-corrected chi connectivity index (χ3v) is 10.4. The van der Waals surface area contributed by atoms with Gasteiger partial charge in [-0.15, -0.1) is 0 Å². The summed E-state index contributed by atoms with van der Waals surface area (Å²) in [5.41, 5.74) is 5.34. The highest BCUT2D eigenvalue weighted by Crippen LogP contribution is 2.46. The van der Waals surface area contributed by atoms with Gasteiger partial charge in [0.15, 0.2) is 6.10 Å². The van der Waals surface area contributed by atoms with Gasteiger partial charge in [0.2, 0.25) is 0 Å². The predicted molar refractivity (Wildman–Crippen MR) is 195 cm³/mol. The number of phosphoric acid groups is 1. The quantitative estimate of drug-likeness (QED) is 0.0371. The van der Waals surface area contributed by atoms with Crippen molar-refractivity contribution in [1.82, 2.24) is 0 Å². The Hall–Kier alpha value is -0.990. The second kappa shape index (κ2) is 30.8. The normalized spacial score (nSPS) is 17.6. The molecule has 1 fully saturated rings. The van der Waals surface area contributed by atoms with E-state index in [-0.39, 0.29) is 38.6 Å². The fourth-order valence-corrected chi connectivity index (χ4v) is 7.11. The van der Waals surface area contributed by atoms with Crippen molar-refractivity contribution < 1.29 is 37.6 Å². The number of hydrogen-bond acceptors (Lipinski definition) is 8. The van der Waals surface area contributed by atoms with Crippen LogP contribution in [0.15, 0.2) is 0 Å². The average molecular weight is 704 g/mol. The molecule has 1 aliphatic rings. The third-order valence-electron chi connectivity index (χ3n) is 9.46. The van der Waals surface area contributed by atoms with Gasteiger partial charge in [-0.25, -0.2) is 4.57 Å². The lowest BCUT2D eigenvalue weighted by atomic mass is 10.0. The molecule has 0 spiro atoms. The molecular formula is C38H74NO8P. The predicted octanol–water partition coefficient (Wildman–Crippen LogP) is 10.4. The molecule has 48 heavy (non-hydrogen) atoms. The Bertz CT molecular complexity index is 829. The molecule has 0 aliphatic heterocycles. The molecule has 1 saturated carbocycles. The first kappa shape index (κ1) is 45.0. The Morgan fingerprint density at radius 1 is 0.646 bits per heavy atom. The standard InChI is InChI=1S/C38H74NO8P/c1-3-5-7-9-10-11-12-13-14-15-16-19-23-27-37(40)44-32-36(33-46-48(42,43)45-30-29-39)47-38(41)28-24-20-17-18-22-26-35-31-34(35)25-21-8-6-4-2/h34-36H,3-33,39H2,1-2H3,(H,42,43). The summed E-state index contributed by atoms with van der Waals surface area (Å²) in [6.45, 7) is 3.77. The smallest absolute Gasteiger partial charge is 0.462 e. The lowest BCUT2D eigenvalue weighted by molar-refractivity contribution is -0.161. The van der Waals surface area contributed by atoms with Gasteiger partial charge in [0.1, 0.15) is 6.61 Å². The van der Waals surface area contributed by atoms with Crippen LogP contribution in [0.25, 0.3) is 0 Å². The fraction of sp³-hybridized carbons (Fsp3) is 0.947. The van der Waals surface area contributed by atoms with Gasteiger partial charge >= 0.3 is 19.8 Å². The number of ether oxygens (including phenoxy) is 2. The van der Waals surface area contributed by atoms with E-state index in [4.69, 9.17) is 24.3 Å². The second-order valence-corrected chi connectivity index (χ2v) is 15.5. The molecule has 0 amide bonds. The summed E-state index contributed by atoms with van der Waals surface area (Å²) < 4.78 is 32.7. The molecule has 10 heteroatoms. The highest BCUT2D eigenvalue weighted by molar-refractivity contribution is 7.47. The van der Waals surface area contributed by atoms with Gasteiger partial charge in [0.05, 0.1) is 13.2 Å². The summed E-state index contributed by atoms with van der Waals surface area (Å²) >= 11 is 0. The number of phosphoric ester groups is 1. The monoisotopic (exact) mass is 704 g/mol. The SMILES string of the molecule is CCCCCCCCCCCCCCCC(=O)OCC(COP(=O)(O)OCCN)OC(=O)CCCCCCCC1CC1CCCCCC. The fourth-order valence-electron chi connectivity index (χ4n) is 6.35. The van der Waals surface area contributed by atoms with Gasteiger partial charge in [-0.3, -0.25) is 18.6 Å². The summed E-state index contributed by atoms with van der Waals surface area (Å²) in [7, 11) is -4.36. The van der Waals surface area contributed by atoms with Crippen LogP contribution in [0.5, 0.6) is 0 Å². The van der Waals surface area contributed by atoms with Crippen molar-refractivity contribution in [2.24, 2.45) is 17.6 Å². The molecule has 3 N–H and O–H groups in total. The van der Waals surface area contributed by atoms with Crippen molar-refractivity contribution in [3.8, 4) is 0 Å². The van der Waals surface area contributed by atoms with E-state index in [0.29, 0.717) is 6.42 Å². The molecule has 0 aromatic heterocycles. The van der Waals surface area contributed by atoms with Crippen molar-refractivity contribution in [2.45, 2.75) is 193 Å². The molecule has 0 bridgehead atoms. The summed E-state index contributed by atoms with van der Waals surface area (Å²) in [6.07, 6.45) is 30.3. The maximum atomic E-state index is 12.6. The Balaban J connectivity index is 2.20. The minimum Gasteiger partial charge on any atom is -0.462 e. The van der Waals surface area contributed by atoms with E-state index in [2.05, 4.69) is 13.8 Å². The third kappa shape index (κ3) is 27.8. The first-order chi connectivity index (χ1) is 23.3. The molecular weight excluding hydrogens is 629 g/mol. The lowest BCUT2D eigenvalue weighted by Crippen LogP contribution is -2.29. The molecule has 9 nitrogen and oxygen atoms in total. The molecule has 0 heterocycles. The Kier molecular flexibility index (Phi) is 28.9. The zero-order chi connectivity index (χ0) is 35.1. The van der Waals surface area contributed by atoms with E-state index < -0.39 is 26.5 Å². The van der Waals surface area contributed by atoms with Crippen LogP contribution in [-0.4, -0.2) is 49.3 Å². The molecule has 4 atom stereocenters. The molecule has 1 rings (SSSR count). The number of hydrogen-bond donors (Lipinski definition) is 2. The second-order valence-electron chi connectivity index (χ2n) is 14.1. The summed E-state index contributed by atoms with van der Waals surface area (Å²) in [5.74, 6) is 1.11. The molecule has 0 aromatic rings. The van der Waals surface area contributed by atoms with Crippen LogP contribution in [0.1, 0.15) is 187 Å². The zero-order valence-corrected chi connectivity index (χ0v) is 31.9. The number of rotatable bonds is 36. The van der Waals surface area contributed by atoms with Crippen LogP contribution in [0.4, 0.5) is 0 Å². The van der Waals surface area contributed by atoms with Gasteiger partial charge in [-0.05, 0) is 31.1 Å². The Morgan fingerprint density at radius 2 is 1.08 bits per heavy atom. The molecule has 0 saturated heterocycles. The Labute approximate surface area is 294 Å². The minimum atomic E-state index is -4.36. The number of carbonyl (C=O) groups excluding carboxylic acids is 2. The topological polar surface area (TPSA) is 134 Å². The van der Waals surface area contributed by atoms with Crippen LogP contribution in [0.2, 0.25) is 0 Å². The van der Waals surface area contributed by atoms with E-state index in [0.717, 1.165) is 43.9 Å². The minimum absolute atomic E-state index is 0.0589. The molecule has 0 radical (unpaired) electrons. The summed E-state index contributed by atoms with van der Waals surface area (Å²) in [5, 5.41) is 0. The highest BCUT2D eigenvalue weighted by Gasteiger charge is 2.35. The van der Waals surface area contributed by atoms with Crippen LogP contribution >= 0.6 is 7.82 Å². The van der Waals surface area contributed by atoms with Crippen LogP contribution in [0, 0.1) is 11.8 Å². The van der Waals surface area contributed by atoms with Gasteiger partial charge in [-0.2, -0.15) is 0 Å². The highest BCUT2D eigenvalue weighted by atomic mass is 31.2. The van der Waals surface area contributed by atoms with Gasteiger partial charge in [-0.1, -0.05) is 155 Å². The largest absolute Gasteiger partial charge is 0.472 e. The number of unbranched alkanes of at least 4 members (excludes halogenated alkanes) is 19. The molecule has 4 unspecified atom stereocenters. The average Bonchev–Trinajstić information content (AvgIpc) is 3.82. The van der Waals surface area contributed by atoms with E-state index in [1.54, 1.807) is 0 Å². The van der Waals surface area contributed by atoms with Crippen LogP contribution < -0.4 is 5.73 Å². The summed E-state index contributed by atoms with van der Waals surface area (Å²) in [6, 6.07) is 0. The van der Waals surface area contributed by atoms with Crippen molar-refractivity contribution in [3.05, 3.63) is 0 Å². The van der Waals surface area contributed by atoms with Crippen molar-refractivity contribution >= 4 is 19.8 Å². The molecule has 284 valence electrons. The van der Waals surface area contributed by atoms with Gasteiger partial charge < -0.3 is 20.1 Å². The molecule has 1 aliphatic carbocycles. The summed E-state index contributed by atoms with van der Waals surface area (Å²) in [4.78, 5) is 34.8. The van der Waals surface area contributed by atoms with E-state index >= 15 is 0 Å². The zero-order valence-electron chi connectivity index (χ0n) is 31.0.